The number of fused-ring (bicyclic) bond motifs is 2. The van der Waals surface area contributed by atoms with E-state index in [1.54, 1.807) is 0 Å². The number of hydrogen-bond acceptors (Lipinski definition) is 4. The first-order valence-electron chi connectivity index (χ1n) is 10.8. The van der Waals surface area contributed by atoms with Crippen molar-refractivity contribution in [3.8, 4) is 0 Å². The largest absolute Gasteiger partial charge is 0.354 e. The molecule has 0 fully saturated rings. The maximum absolute atomic E-state index is 5.14. The molecule has 3 heterocycles. The van der Waals surface area contributed by atoms with Crippen LogP contribution in [0.4, 0.5) is 0 Å². The van der Waals surface area contributed by atoms with Gasteiger partial charge in [0.25, 0.3) is 0 Å². The third kappa shape index (κ3) is 2.81. The van der Waals surface area contributed by atoms with E-state index in [1.807, 2.05) is 0 Å². The van der Waals surface area contributed by atoms with Gasteiger partial charge in [-0.05, 0) is 77.5 Å². The smallest absolute Gasteiger partial charge is 0.154 e. The SMILES string of the molecule is CCC1CCC2=C(N3NC(C)C(c4c(C)cc(C)cc4C)=C3N=C2C)N1CC. The van der Waals surface area contributed by atoms with Gasteiger partial charge < -0.3 is 4.90 Å². The van der Waals surface area contributed by atoms with Crippen molar-refractivity contribution < 1.29 is 0 Å². The maximum Gasteiger partial charge on any atom is 0.154 e. The number of benzene rings is 1. The van der Waals surface area contributed by atoms with E-state index in [9.17, 15) is 0 Å². The molecular formula is C24H34N4. The number of nitrogens with one attached hydrogen (secondary N) is 1. The second-order valence-electron chi connectivity index (χ2n) is 8.58. The Bertz CT molecular complexity index is 882. The summed E-state index contributed by atoms with van der Waals surface area (Å²) in [5, 5.41) is 2.30. The number of hydrazine groups is 1. The first-order valence-corrected chi connectivity index (χ1v) is 10.8. The van der Waals surface area contributed by atoms with Gasteiger partial charge in [0.1, 0.15) is 5.82 Å². The summed E-state index contributed by atoms with van der Waals surface area (Å²) in [6.07, 6.45) is 3.53. The van der Waals surface area contributed by atoms with Gasteiger partial charge in [-0.1, -0.05) is 24.6 Å². The molecule has 0 saturated heterocycles. The van der Waals surface area contributed by atoms with E-state index < -0.39 is 0 Å². The van der Waals surface area contributed by atoms with E-state index in [0.717, 1.165) is 18.8 Å². The highest BCUT2D eigenvalue weighted by Gasteiger charge is 2.41. The summed E-state index contributed by atoms with van der Waals surface area (Å²) >= 11 is 0. The molecule has 2 atom stereocenters. The minimum absolute atomic E-state index is 0.235. The molecule has 4 rings (SSSR count). The van der Waals surface area contributed by atoms with E-state index in [4.69, 9.17) is 4.99 Å². The molecule has 0 aliphatic carbocycles. The lowest BCUT2D eigenvalue weighted by molar-refractivity contribution is 0.136. The maximum atomic E-state index is 5.14. The first kappa shape index (κ1) is 19.3. The average Bonchev–Trinajstić information content (AvgIpc) is 2.96. The molecule has 28 heavy (non-hydrogen) atoms. The van der Waals surface area contributed by atoms with Gasteiger partial charge in [0, 0.05) is 29.4 Å². The molecule has 3 aliphatic heterocycles. The van der Waals surface area contributed by atoms with E-state index in [-0.39, 0.29) is 6.04 Å². The highest BCUT2D eigenvalue weighted by molar-refractivity contribution is 6.01. The molecule has 1 N–H and O–H groups in total. The van der Waals surface area contributed by atoms with Gasteiger partial charge in [0.2, 0.25) is 0 Å². The Morgan fingerprint density at radius 1 is 1.11 bits per heavy atom. The number of hydrogen-bond donors (Lipinski definition) is 1. The van der Waals surface area contributed by atoms with E-state index >= 15 is 0 Å². The van der Waals surface area contributed by atoms with Crippen LogP contribution in [0.15, 0.2) is 34.3 Å². The Hall–Kier alpha value is -2.07. The number of allylic oxidation sites excluding steroid dienone is 1. The lowest BCUT2D eigenvalue weighted by Crippen LogP contribution is -2.50. The molecule has 4 nitrogen and oxygen atoms in total. The molecule has 0 amide bonds. The predicted octanol–water partition coefficient (Wildman–Crippen LogP) is 5.07. The zero-order valence-electron chi connectivity index (χ0n) is 18.5. The second kappa shape index (κ2) is 7.07. The Kier molecular flexibility index (Phi) is 4.86. The molecular weight excluding hydrogens is 344 g/mol. The van der Waals surface area contributed by atoms with Crippen LogP contribution in [0.3, 0.4) is 0 Å². The molecule has 0 radical (unpaired) electrons. The number of aryl methyl sites for hydroxylation is 3. The van der Waals surface area contributed by atoms with Crippen molar-refractivity contribution in [2.24, 2.45) is 4.99 Å². The van der Waals surface area contributed by atoms with Crippen LogP contribution in [-0.4, -0.2) is 34.2 Å². The molecule has 2 unspecified atom stereocenters. The first-order chi connectivity index (χ1) is 13.4. The van der Waals surface area contributed by atoms with Crippen LogP contribution in [0.5, 0.6) is 0 Å². The molecule has 1 aromatic rings. The van der Waals surface area contributed by atoms with Crippen LogP contribution in [0, 0.1) is 20.8 Å². The number of rotatable bonds is 3. The lowest BCUT2D eigenvalue weighted by Gasteiger charge is -2.45. The average molecular weight is 379 g/mol. The third-order valence-corrected chi connectivity index (χ3v) is 6.60. The molecule has 0 aromatic heterocycles. The zero-order valence-corrected chi connectivity index (χ0v) is 18.5. The lowest BCUT2D eigenvalue weighted by atomic mass is 9.90. The minimum atomic E-state index is 0.235. The van der Waals surface area contributed by atoms with Crippen molar-refractivity contribution in [1.29, 1.82) is 0 Å². The summed E-state index contributed by atoms with van der Waals surface area (Å²) in [6.45, 7) is 16.7. The standard InChI is InChI=1S/C24H34N4/c1-8-19-10-11-20-17(6)25-23-22(21-15(4)12-14(3)13-16(21)5)18(7)26-28(23)24(20)27(19)9-2/h12-13,18-19,26H,8-11H2,1-7H3. The van der Waals surface area contributed by atoms with Crippen molar-refractivity contribution in [2.75, 3.05) is 6.54 Å². The van der Waals surface area contributed by atoms with Crippen LogP contribution >= 0.6 is 0 Å². The molecule has 1 aromatic carbocycles. The molecule has 0 bridgehead atoms. The fourth-order valence-corrected chi connectivity index (χ4v) is 5.43. The minimum Gasteiger partial charge on any atom is -0.354 e. The third-order valence-electron chi connectivity index (χ3n) is 6.60. The van der Waals surface area contributed by atoms with Crippen LogP contribution < -0.4 is 5.43 Å². The summed E-state index contributed by atoms with van der Waals surface area (Å²) in [7, 11) is 0. The summed E-state index contributed by atoms with van der Waals surface area (Å²) < 4.78 is 0. The summed E-state index contributed by atoms with van der Waals surface area (Å²) in [5.74, 6) is 2.43. The number of nitrogens with zero attached hydrogens (tertiary/aromatic N) is 3. The van der Waals surface area contributed by atoms with E-state index in [2.05, 4.69) is 75.9 Å². The molecule has 0 saturated carbocycles. The van der Waals surface area contributed by atoms with Crippen molar-refractivity contribution in [3.63, 3.8) is 0 Å². The van der Waals surface area contributed by atoms with E-state index in [1.165, 1.54) is 57.8 Å². The Morgan fingerprint density at radius 3 is 2.39 bits per heavy atom. The summed E-state index contributed by atoms with van der Waals surface area (Å²) in [5.41, 5.74) is 13.0. The van der Waals surface area contributed by atoms with Crippen molar-refractivity contribution in [1.82, 2.24) is 15.3 Å². The molecule has 150 valence electrons. The fourth-order valence-electron chi connectivity index (χ4n) is 5.43. The Labute approximate surface area is 170 Å². The Morgan fingerprint density at radius 2 is 1.79 bits per heavy atom. The number of aliphatic imine (C=N–C) groups is 1. The van der Waals surface area contributed by atoms with Crippen molar-refractivity contribution in [2.45, 2.75) is 79.8 Å². The highest BCUT2D eigenvalue weighted by Crippen LogP contribution is 2.43. The van der Waals surface area contributed by atoms with Crippen molar-refractivity contribution in [3.05, 3.63) is 51.6 Å². The van der Waals surface area contributed by atoms with Gasteiger partial charge in [-0.15, -0.1) is 0 Å². The normalized spacial score (nSPS) is 24.6. The van der Waals surface area contributed by atoms with Crippen molar-refractivity contribution >= 4 is 11.3 Å². The second-order valence-corrected chi connectivity index (χ2v) is 8.58. The van der Waals surface area contributed by atoms with Crippen LogP contribution in [0.2, 0.25) is 0 Å². The highest BCUT2D eigenvalue weighted by atomic mass is 15.6. The topological polar surface area (TPSA) is 30.9 Å². The molecule has 4 heteroatoms. The van der Waals surface area contributed by atoms with Crippen LogP contribution in [-0.2, 0) is 0 Å². The van der Waals surface area contributed by atoms with Gasteiger partial charge in [0.15, 0.2) is 5.82 Å². The summed E-state index contributed by atoms with van der Waals surface area (Å²) in [4.78, 5) is 7.73. The van der Waals surface area contributed by atoms with Gasteiger partial charge in [-0.2, -0.15) is 0 Å². The Balaban J connectivity index is 1.90. The summed E-state index contributed by atoms with van der Waals surface area (Å²) in [6, 6.07) is 5.43. The van der Waals surface area contributed by atoms with Gasteiger partial charge >= 0.3 is 0 Å². The monoisotopic (exact) mass is 378 g/mol. The fraction of sp³-hybridized carbons (Fsp3) is 0.542. The van der Waals surface area contributed by atoms with Gasteiger partial charge in [-0.25, -0.2) is 15.4 Å². The van der Waals surface area contributed by atoms with Crippen LogP contribution in [0.1, 0.15) is 69.2 Å². The predicted molar refractivity (Wildman–Crippen MR) is 118 cm³/mol. The van der Waals surface area contributed by atoms with E-state index in [0.29, 0.717) is 6.04 Å². The van der Waals surface area contributed by atoms with Gasteiger partial charge in [-0.3, -0.25) is 0 Å². The molecule has 3 aliphatic rings. The quantitative estimate of drug-likeness (QED) is 0.797. The van der Waals surface area contributed by atoms with Gasteiger partial charge in [0.05, 0.1) is 6.04 Å². The van der Waals surface area contributed by atoms with Crippen LogP contribution in [0.25, 0.3) is 5.57 Å². The molecule has 0 spiro atoms. The zero-order chi connectivity index (χ0) is 20.2.